The van der Waals surface area contributed by atoms with Crippen molar-refractivity contribution in [3.05, 3.63) is 162 Å². The highest BCUT2D eigenvalue weighted by atomic mass is 79.9. The Morgan fingerprint density at radius 1 is 0.316 bits per heavy atom. The Kier molecular flexibility index (Phi) is 6.89. The number of rotatable bonds is 6. The second-order valence-electron chi connectivity index (χ2n) is 9.22. The lowest BCUT2D eigenvalue weighted by atomic mass is 10.0. The summed E-state index contributed by atoms with van der Waals surface area (Å²) in [7, 11) is 0. The summed E-state index contributed by atoms with van der Waals surface area (Å²) in [5.74, 6) is 0. The van der Waals surface area contributed by atoms with Gasteiger partial charge in [0.1, 0.15) is 0 Å². The molecule has 0 aliphatic heterocycles. The number of benzene rings is 6. The van der Waals surface area contributed by atoms with Crippen molar-refractivity contribution >= 4 is 33.0 Å². The Labute approximate surface area is 232 Å². The lowest BCUT2D eigenvalue weighted by Crippen LogP contribution is -2.10. The van der Waals surface area contributed by atoms with E-state index in [1.165, 1.54) is 33.4 Å². The van der Waals surface area contributed by atoms with Crippen LogP contribution in [-0.4, -0.2) is 0 Å². The van der Waals surface area contributed by atoms with Gasteiger partial charge in [0.05, 0.1) is 0 Å². The molecule has 6 aromatic rings. The van der Waals surface area contributed by atoms with E-state index in [1.54, 1.807) is 0 Å². The summed E-state index contributed by atoms with van der Waals surface area (Å²) in [4.78, 5) is 2.33. The monoisotopic (exact) mass is 551 g/mol. The predicted molar refractivity (Wildman–Crippen MR) is 165 cm³/mol. The fourth-order valence-electron chi connectivity index (χ4n) is 4.78. The first-order valence-corrected chi connectivity index (χ1v) is 13.5. The van der Waals surface area contributed by atoms with Crippen LogP contribution < -0.4 is 4.90 Å². The molecule has 6 aromatic carbocycles. The van der Waals surface area contributed by atoms with Crippen molar-refractivity contribution in [2.24, 2.45) is 0 Å². The quantitative estimate of drug-likeness (QED) is 0.199. The molecule has 0 atom stereocenters. The molecule has 0 saturated carbocycles. The van der Waals surface area contributed by atoms with Crippen molar-refractivity contribution in [1.29, 1.82) is 0 Å². The number of nitrogens with zero attached hydrogens (tertiary/aromatic N) is 1. The maximum Gasteiger partial charge on any atom is 0.0467 e. The Balaban J connectivity index is 1.42. The average molecular weight is 553 g/mol. The van der Waals surface area contributed by atoms with Crippen LogP contribution in [0.2, 0.25) is 0 Å². The third-order valence-electron chi connectivity index (χ3n) is 6.75. The van der Waals surface area contributed by atoms with Gasteiger partial charge in [-0.2, -0.15) is 0 Å². The van der Waals surface area contributed by atoms with E-state index in [2.05, 4.69) is 179 Å². The molecule has 0 N–H and O–H groups in total. The van der Waals surface area contributed by atoms with Crippen molar-refractivity contribution in [3.63, 3.8) is 0 Å². The maximum absolute atomic E-state index is 3.55. The van der Waals surface area contributed by atoms with E-state index in [0.29, 0.717) is 0 Å². The van der Waals surface area contributed by atoms with Crippen LogP contribution in [0.1, 0.15) is 0 Å². The fraction of sp³-hybridized carbons (Fsp3) is 0. The summed E-state index contributed by atoms with van der Waals surface area (Å²) in [5, 5.41) is 0. The second-order valence-corrected chi connectivity index (χ2v) is 10.1. The molecular formula is C36H26BrN. The first-order chi connectivity index (χ1) is 18.7. The number of anilines is 3. The molecule has 6 rings (SSSR count). The number of hydrogen-bond acceptors (Lipinski definition) is 1. The van der Waals surface area contributed by atoms with Crippen molar-refractivity contribution in [1.82, 2.24) is 0 Å². The van der Waals surface area contributed by atoms with Crippen LogP contribution >= 0.6 is 15.9 Å². The molecule has 0 heterocycles. The van der Waals surface area contributed by atoms with Gasteiger partial charge < -0.3 is 4.90 Å². The average Bonchev–Trinajstić information content (AvgIpc) is 2.99. The standard InChI is InChI=1S/C36H26BrN/c37-33-20-14-31(15-21-33)32-12-7-13-36(26-32)38(34-22-16-29(17-23-34)27-8-3-1-4-9-27)35-24-18-30(19-25-35)28-10-5-2-6-11-28/h1-26H. The van der Waals surface area contributed by atoms with Gasteiger partial charge in [0, 0.05) is 21.5 Å². The molecule has 0 amide bonds. The molecule has 0 aliphatic carbocycles. The van der Waals surface area contributed by atoms with Crippen molar-refractivity contribution in [2.45, 2.75) is 0 Å². The van der Waals surface area contributed by atoms with E-state index in [4.69, 9.17) is 0 Å². The van der Waals surface area contributed by atoms with Gasteiger partial charge in [0.15, 0.2) is 0 Å². The Morgan fingerprint density at radius 2 is 0.711 bits per heavy atom. The molecule has 38 heavy (non-hydrogen) atoms. The number of hydrogen-bond donors (Lipinski definition) is 0. The summed E-state index contributed by atoms with van der Waals surface area (Å²) in [6, 6.07) is 55.9. The number of halogens is 1. The molecule has 2 heteroatoms. The highest BCUT2D eigenvalue weighted by Gasteiger charge is 2.14. The van der Waals surface area contributed by atoms with E-state index < -0.39 is 0 Å². The normalized spacial score (nSPS) is 10.8. The molecule has 0 unspecified atom stereocenters. The fourth-order valence-corrected chi connectivity index (χ4v) is 5.05. The first kappa shape index (κ1) is 24.0. The molecule has 1 nitrogen and oxygen atoms in total. The van der Waals surface area contributed by atoms with Crippen LogP contribution in [0.4, 0.5) is 17.1 Å². The third kappa shape index (κ3) is 5.18. The van der Waals surface area contributed by atoms with Gasteiger partial charge in [-0.05, 0) is 81.9 Å². The van der Waals surface area contributed by atoms with E-state index in [0.717, 1.165) is 21.5 Å². The third-order valence-corrected chi connectivity index (χ3v) is 7.28. The minimum absolute atomic E-state index is 1.08. The second kappa shape index (κ2) is 10.9. The van der Waals surface area contributed by atoms with Crippen LogP contribution in [0.5, 0.6) is 0 Å². The summed E-state index contributed by atoms with van der Waals surface area (Å²) < 4.78 is 1.08. The van der Waals surface area contributed by atoms with Gasteiger partial charge in [-0.1, -0.05) is 125 Å². The Hall–Kier alpha value is -4.40. The van der Waals surface area contributed by atoms with Gasteiger partial charge in [-0.15, -0.1) is 0 Å². The molecular weight excluding hydrogens is 526 g/mol. The van der Waals surface area contributed by atoms with Crippen molar-refractivity contribution < 1.29 is 0 Å². The lowest BCUT2D eigenvalue weighted by molar-refractivity contribution is 1.28. The molecule has 182 valence electrons. The minimum atomic E-state index is 1.08. The van der Waals surface area contributed by atoms with Crippen LogP contribution in [0.3, 0.4) is 0 Å². The SMILES string of the molecule is Brc1ccc(-c2cccc(N(c3ccc(-c4ccccc4)cc3)c3ccc(-c4ccccc4)cc3)c2)cc1. The maximum atomic E-state index is 3.55. The smallest absolute Gasteiger partial charge is 0.0467 e. The predicted octanol–water partition coefficient (Wildman–Crippen LogP) is 10.9. The summed E-state index contributed by atoms with van der Waals surface area (Å²) in [6.45, 7) is 0. The first-order valence-electron chi connectivity index (χ1n) is 12.7. The van der Waals surface area contributed by atoms with Gasteiger partial charge in [-0.3, -0.25) is 0 Å². The Morgan fingerprint density at radius 3 is 1.21 bits per heavy atom. The zero-order valence-corrected chi connectivity index (χ0v) is 22.4. The zero-order valence-electron chi connectivity index (χ0n) is 20.8. The van der Waals surface area contributed by atoms with Crippen LogP contribution in [0.25, 0.3) is 33.4 Å². The van der Waals surface area contributed by atoms with Crippen molar-refractivity contribution in [3.8, 4) is 33.4 Å². The van der Waals surface area contributed by atoms with E-state index in [9.17, 15) is 0 Å². The summed E-state index contributed by atoms with van der Waals surface area (Å²) >= 11 is 3.55. The largest absolute Gasteiger partial charge is 0.310 e. The van der Waals surface area contributed by atoms with E-state index in [1.807, 2.05) is 0 Å². The van der Waals surface area contributed by atoms with Gasteiger partial charge >= 0.3 is 0 Å². The van der Waals surface area contributed by atoms with Crippen LogP contribution in [0, 0.1) is 0 Å². The molecule has 0 saturated heterocycles. The summed E-state index contributed by atoms with van der Waals surface area (Å²) in [5.41, 5.74) is 10.6. The van der Waals surface area contributed by atoms with Crippen molar-refractivity contribution in [2.75, 3.05) is 4.90 Å². The molecule has 0 radical (unpaired) electrons. The lowest BCUT2D eigenvalue weighted by Gasteiger charge is -2.26. The molecule has 0 bridgehead atoms. The van der Waals surface area contributed by atoms with Gasteiger partial charge in [-0.25, -0.2) is 0 Å². The van der Waals surface area contributed by atoms with Crippen LogP contribution in [-0.2, 0) is 0 Å². The highest BCUT2D eigenvalue weighted by molar-refractivity contribution is 9.10. The van der Waals surface area contributed by atoms with Gasteiger partial charge in [0.2, 0.25) is 0 Å². The van der Waals surface area contributed by atoms with Gasteiger partial charge in [0.25, 0.3) is 0 Å². The molecule has 0 aromatic heterocycles. The van der Waals surface area contributed by atoms with E-state index in [-0.39, 0.29) is 0 Å². The molecule has 0 aliphatic rings. The topological polar surface area (TPSA) is 3.24 Å². The zero-order chi connectivity index (χ0) is 25.7. The summed E-state index contributed by atoms with van der Waals surface area (Å²) in [6.07, 6.45) is 0. The minimum Gasteiger partial charge on any atom is -0.310 e. The van der Waals surface area contributed by atoms with E-state index >= 15 is 0 Å². The molecule has 0 fully saturated rings. The highest BCUT2D eigenvalue weighted by Crippen LogP contribution is 2.38. The molecule has 0 spiro atoms. The Bertz CT molecular complexity index is 1540. The van der Waals surface area contributed by atoms with Crippen LogP contribution in [0.15, 0.2) is 162 Å².